The SMILES string of the molecule is Cc1ccc(N(c2ccc(C)cc2)c2ccc3c(c2)Cc2ccccc2-c2ccccc2Cc2cc(N(c4ccc(C)cc4)c4ccc(C)cc4)c4ccccc4c2-3)cc1. The van der Waals surface area contributed by atoms with Gasteiger partial charge in [0, 0.05) is 33.8 Å². The van der Waals surface area contributed by atoms with Gasteiger partial charge in [0.25, 0.3) is 0 Å². The molecule has 0 heterocycles. The lowest BCUT2D eigenvalue weighted by molar-refractivity contribution is 1.14. The van der Waals surface area contributed by atoms with Crippen LogP contribution in [0.15, 0.2) is 194 Å². The van der Waals surface area contributed by atoms with Crippen molar-refractivity contribution >= 4 is 44.9 Å². The number of anilines is 6. The molecule has 0 bridgehead atoms. The van der Waals surface area contributed by atoms with Crippen LogP contribution in [0.25, 0.3) is 33.0 Å². The molecule has 0 aromatic heterocycles. The number of hydrogen-bond acceptors (Lipinski definition) is 2. The normalized spacial score (nSPS) is 11.9. The van der Waals surface area contributed by atoms with Crippen molar-refractivity contribution in [2.24, 2.45) is 0 Å². The van der Waals surface area contributed by atoms with E-state index in [9.17, 15) is 0 Å². The van der Waals surface area contributed by atoms with Gasteiger partial charge in [-0.1, -0.05) is 150 Å². The summed E-state index contributed by atoms with van der Waals surface area (Å²) in [6.07, 6.45) is 1.57. The summed E-state index contributed by atoms with van der Waals surface area (Å²) in [5, 5.41) is 2.47. The molecule has 60 heavy (non-hydrogen) atoms. The number of benzene rings is 9. The highest BCUT2D eigenvalue weighted by Crippen LogP contribution is 2.48. The molecule has 2 heteroatoms. The average molecular weight is 773 g/mol. The molecular weight excluding hydrogens is 725 g/mol. The lowest BCUT2D eigenvalue weighted by Crippen LogP contribution is -2.13. The van der Waals surface area contributed by atoms with Gasteiger partial charge in [0.2, 0.25) is 0 Å². The Hall–Kier alpha value is -7.16. The minimum Gasteiger partial charge on any atom is -0.310 e. The van der Waals surface area contributed by atoms with Gasteiger partial charge in [0.15, 0.2) is 0 Å². The second kappa shape index (κ2) is 15.5. The lowest BCUT2D eigenvalue weighted by atomic mass is 9.81. The summed E-state index contributed by atoms with van der Waals surface area (Å²) in [4.78, 5) is 4.86. The largest absolute Gasteiger partial charge is 0.310 e. The van der Waals surface area contributed by atoms with E-state index in [0.29, 0.717) is 0 Å². The van der Waals surface area contributed by atoms with Crippen LogP contribution in [0.5, 0.6) is 0 Å². The summed E-state index contributed by atoms with van der Waals surface area (Å²) in [6, 6.07) is 72.5. The number of rotatable bonds is 6. The van der Waals surface area contributed by atoms with Crippen LogP contribution in [0.2, 0.25) is 0 Å². The Kier molecular flexibility index (Phi) is 9.62. The van der Waals surface area contributed by atoms with Gasteiger partial charge in [-0.3, -0.25) is 0 Å². The first kappa shape index (κ1) is 37.1. The van der Waals surface area contributed by atoms with E-state index in [1.807, 2.05) is 0 Å². The number of aryl methyl sites for hydroxylation is 4. The molecule has 0 atom stereocenters. The Morgan fingerprint density at radius 3 is 1.20 bits per heavy atom. The first-order valence-electron chi connectivity index (χ1n) is 21.1. The first-order chi connectivity index (χ1) is 29.4. The third-order valence-electron chi connectivity index (χ3n) is 12.2. The topological polar surface area (TPSA) is 6.48 Å². The molecule has 2 nitrogen and oxygen atoms in total. The zero-order chi connectivity index (χ0) is 40.7. The molecule has 10 rings (SSSR count). The van der Waals surface area contributed by atoms with E-state index in [4.69, 9.17) is 0 Å². The molecule has 1 aliphatic rings. The smallest absolute Gasteiger partial charge is 0.0543 e. The van der Waals surface area contributed by atoms with Crippen molar-refractivity contribution < 1.29 is 0 Å². The highest BCUT2D eigenvalue weighted by Gasteiger charge is 2.25. The minimum atomic E-state index is 0.785. The van der Waals surface area contributed by atoms with Crippen LogP contribution in [0.4, 0.5) is 34.1 Å². The fraction of sp³-hybridized carbons (Fsp3) is 0.103. The van der Waals surface area contributed by atoms with Gasteiger partial charge in [-0.25, -0.2) is 0 Å². The number of hydrogen-bond donors (Lipinski definition) is 0. The Balaban J connectivity index is 1.27. The molecular formula is C58H48N2. The van der Waals surface area contributed by atoms with Gasteiger partial charge in [-0.05, 0) is 157 Å². The molecule has 0 unspecified atom stereocenters. The molecule has 9 aromatic carbocycles. The van der Waals surface area contributed by atoms with E-state index in [-0.39, 0.29) is 0 Å². The molecule has 0 spiro atoms. The van der Waals surface area contributed by atoms with Gasteiger partial charge in [0.1, 0.15) is 0 Å². The Morgan fingerprint density at radius 1 is 0.300 bits per heavy atom. The van der Waals surface area contributed by atoms with E-state index in [1.54, 1.807) is 0 Å². The molecule has 0 N–H and O–H groups in total. The van der Waals surface area contributed by atoms with Gasteiger partial charge >= 0.3 is 0 Å². The Labute approximate surface area is 354 Å². The fourth-order valence-electron chi connectivity index (χ4n) is 9.10. The predicted molar refractivity (Wildman–Crippen MR) is 255 cm³/mol. The molecule has 0 saturated carbocycles. The molecule has 0 amide bonds. The van der Waals surface area contributed by atoms with Gasteiger partial charge in [0.05, 0.1) is 5.69 Å². The van der Waals surface area contributed by atoms with Crippen molar-refractivity contribution in [1.29, 1.82) is 0 Å². The molecule has 9 aromatic rings. The third-order valence-corrected chi connectivity index (χ3v) is 12.2. The van der Waals surface area contributed by atoms with Crippen LogP contribution in [0.3, 0.4) is 0 Å². The fourth-order valence-corrected chi connectivity index (χ4v) is 9.10. The predicted octanol–water partition coefficient (Wildman–Crippen LogP) is 15.8. The zero-order valence-corrected chi connectivity index (χ0v) is 34.8. The van der Waals surface area contributed by atoms with Crippen molar-refractivity contribution in [3.63, 3.8) is 0 Å². The van der Waals surface area contributed by atoms with Gasteiger partial charge in [-0.2, -0.15) is 0 Å². The molecule has 0 fully saturated rings. The highest BCUT2D eigenvalue weighted by molar-refractivity contribution is 6.08. The second-order valence-corrected chi connectivity index (χ2v) is 16.5. The van der Waals surface area contributed by atoms with E-state index < -0.39 is 0 Å². The zero-order valence-electron chi connectivity index (χ0n) is 34.8. The maximum atomic E-state index is 2.49. The minimum absolute atomic E-state index is 0.785. The Morgan fingerprint density at radius 2 is 0.700 bits per heavy atom. The summed E-state index contributed by atoms with van der Waals surface area (Å²) in [5.41, 5.74) is 22.3. The Bertz CT molecular complexity index is 2900. The van der Waals surface area contributed by atoms with Crippen LogP contribution in [0, 0.1) is 27.7 Å². The van der Waals surface area contributed by atoms with E-state index in [1.165, 1.54) is 83.2 Å². The molecule has 290 valence electrons. The monoisotopic (exact) mass is 772 g/mol. The second-order valence-electron chi connectivity index (χ2n) is 16.5. The third kappa shape index (κ3) is 6.95. The summed E-state index contributed by atoms with van der Waals surface area (Å²) in [7, 11) is 0. The summed E-state index contributed by atoms with van der Waals surface area (Å²) in [6.45, 7) is 8.62. The van der Waals surface area contributed by atoms with Crippen molar-refractivity contribution in [1.82, 2.24) is 0 Å². The number of nitrogens with zero attached hydrogens (tertiary/aromatic N) is 2. The van der Waals surface area contributed by atoms with Gasteiger partial charge < -0.3 is 9.80 Å². The number of fused-ring (bicyclic) bond motifs is 8. The van der Waals surface area contributed by atoms with Crippen molar-refractivity contribution in [3.8, 4) is 22.3 Å². The average Bonchev–Trinajstić information content (AvgIpc) is 3.27. The van der Waals surface area contributed by atoms with E-state index >= 15 is 0 Å². The molecule has 0 aliphatic heterocycles. The summed E-state index contributed by atoms with van der Waals surface area (Å²) >= 11 is 0. The first-order valence-corrected chi connectivity index (χ1v) is 21.1. The van der Waals surface area contributed by atoms with Crippen molar-refractivity contribution in [3.05, 3.63) is 239 Å². The quantitative estimate of drug-likeness (QED) is 0.166. The van der Waals surface area contributed by atoms with Crippen LogP contribution in [0.1, 0.15) is 44.5 Å². The van der Waals surface area contributed by atoms with Crippen molar-refractivity contribution in [2.75, 3.05) is 9.80 Å². The summed E-state index contributed by atoms with van der Waals surface area (Å²) in [5.74, 6) is 0. The van der Waals surface area contributed by atoms with Crippen molar-refractivity contribution in [2.45, 2.75) is 40.5 Å². The maximum absolute atomic E-state index is 2.49. The van der Waals surface area contributed by atoms with Gasteiger partial charge in [-0.15, -0.1) is 0 Å². The summed E-state index contributed by atoms with van der Waals surface area (Å²) < 4.78 is 0. The van der Waals surface area contributed by atoms with Crippen LogP contribution < -0.4 is 9.80 Å². The molecule has 1 aliphatic carbocycles. The van der Waals surface area contributed by atoms with E-state index in [0.717, 1.165) is 41.3 Å². The molecule has 0 radical (unpaired) electrons. The van der Waals surface area contributed by atoms with E-state index in [2.05, 4.69) is 232 Å². The standard InChI is InChI=1S/C58H48N2/c1-39-17-25-47(26-18-39)59(48-27-19-40(2)20-28-48)51-33-34-54-45(37-51)35-43-11-5-7-13-52(43)53-14-8-6-12-44(53)36-46-38-57(55-15-9-10-16-56(55)58(46)54)60(49-29-21-41(3)22-30-49)50-31-23-42(4)24-32-50/h5-34,37-38H,35-36H2,1-4H3. The van der Waals surface area contributed by atoms with Crippen LogP contribution in [-0.2, 0) is 12.8 Å². The van der Waals surface area contributed by atoms with Crippen LogP contribution in [-0.4, -0.2) is 0 Å². The highest BCUT2D eigenvalue weighted by atomic mass is 15.1. The lowest BCUT2D eigenvalue weighted by Gasteiger charge is -2.30. The molecule has 0 saturated heterocycles. The maximum Gasteiger partial charge on any atom is 0.0543 e. The van der Waals surface area contributed by atoms with Crippen LogP contribution >= 0.6 is 0 Å².